The Balaban J connectivity index is 1.96. The molecule has 1 unspecified atom stereocenters. The third kappa shape index (κ3) is 4.33. The topological polar surface area (TPSA) is 74.7 Å². The van der Waals surface area contributed by atoms with Gasteiger partial charge in [0.2, 0.25) is 0 Å². The first-order valence-corrected chi connectivity index (χ1v) is 6.90. The number of nitrogens with zero attached hydrogens (tertiary/aromatic N) is 2. The summed E-state index contributed by atoms with van der Waals surface area (Å²) in [5.74, 6) is -0.533. The van der Waals surface area contributed by atoms with Gasteiger partial charge in [-0.1, -0.05) is 11.6 Å². The van der Waals surface area contributed by atoms with E-state index in [9.17, 15) is 4.79 Å². The molecule has 0 amide bonds. The van der Waals surface area contributed by atoms with Crippen molar-refractivity contribution in [2.75, 3.05) is 38.2 Å². The van der Waals surface area contributed by atoms with Crippen molar-refractivity contribution in [3.63, 3.8) is 0 Å². The van der Waals surface area contributed by atoms with E-state index in [-0.39, 0.29) is 16.8 Å². The molecular formula is C13H18ClN3O3. The lowest BCUT2D eigenvalue weighted by atomic mass is 10.2. The van der Waals surface area contributed by atoms with Crippen LogP contribution in [0.2, 0.25) is 5.15 Å². The third-order valence-corrected chi connectivity index (χ3v) is 3.26. The Bertz CT molecular complexity index is 478. The number of ether oxygens (including phenoxy) is 1. The summed E-state index contributed by atoms with van der Waals surface area (Å²) in [4.78, 5) is 17.4. The van der Waals surface area contributed by atoms with Crippen molar-refractivity contribution in [3.05, 3.63) is 22.8 Å². The summed E-state index contributed by atoms with van der Waals surface area (Å²) in [7, 11) is 0. The average molecular weight is 300 g/mol. The number of nitrogens with one attached hydrogen (secondary N) is 1. The molecule has 0 spiro atoms. The first kappa shape index (κ1) is 15.0. The molecule has 0 aliphatic carbocycles. The molecule has 1 aliphatic heterocycles. The molecule has 1 aliphatic rings. The van der Waals surface area contributed by atoms with Crippen LogP contribution in [0.1, 0.15) is 17.3 Å². The number of hydrogen-bond acceptors (Lipinski definition) is 5. The van der Waals surface area contributed by atoms with Gasteiger partial charge in [-0.2, -0.15) is 0 Å². The molecule has 1 aromatic heterocycles. The number of aromatic carboxylic acids is 1. The Hall–Kier alpha value is -1.37. The van der Waals surface area contributed by atoms with E-state index in [1.807, 2.05) is 6.92 Å². The molecule has 7 heteroatoms. The predicted octanol–water partition coefficient (Wildman–Crippen LogP) is 1.57. The lowest BCUT2D eigenvalue weighted by molar-refractivity contribution is 0.0368. The monoisotopic (exact) mass is 299 g/mol. The molecule has 2 N–H and O–H groups in total. The van der Waals surface area contributed by atoms with Crippen molar-refractivity contribution in [2.45, 2.75) is 13.0 Å². The van der Waals surface area contributed by atoms with E-state index < -0.39 is 5.97 Å². The van der Waals surface area contributed by atoms with Crippen LogP contribution in [-0.2, 0) is 4.74 Å². The first-order valence-electron chi connectivity index (χ1n) is 6.52. The third-order valence-electron chi connectivity index (χ3n) is 3.07. The molecule has 0 bridgehead atoms. The maximum atomic E-state index is 11.0. The summed E-state index contributed by atoms with van der Waals surface area (Å²) in [6, 6.07) is 2.96. The maximum absolute atomic E-state index is 11.0. The van der Waals surface area contributed by atoms with Crippen molar-refractivity contribution < 1.29 is 14.6 Å². The first-order chi connectivity index (χ1) is 9.54. The van der Waals surface area contributed by atoms with Crippen LogP contribution in [0.4, 0.5) is 5.82 Å². The van der Waals surface area contributed by atoms with Gasteiger partial charge in [-0.15, -0.1) is 0 Å². The Morgan fingerprint density at radius 3 is 2.90 bits per heavy atom. The fourth-order valence-electron chi connectivity index (χ4n) is 2.16. The van der Waals surface area contributed by atoms with Gasteiger partial charge in [0.05, 0.1) is 18.8 Å². The van der Waals surface area contributed by atoms with Gasteiger partial charge in [-0.25, -0.2) is 9.78 Å². The van der Waals surface area contributed by atoms with Crippen LogP contribution >= 0.6 is 11.6 Å². The Morgan fingerprint density at radius 2 is 2.25 bits per heavy atom. The minimum Gasteiger partial charge on any atom is -0.478 e. The second-order valence-electron chi connectivity index (χ2n) is 4.83. The molecule has 0 aromatic carbocycles. The number of hydrogen-bond donors (Lipinski definition) is 2. The fourth-order valence-corrected chi connectivity index (χ4v) is 2.37. The molecule has 0 saturated carbocycles. The van der Waals surface area contributed by atoms with Crippen LogP contribution in [0, 0.1) is 0 Å². The van der Waals surface area contributed by atoms with Gasteiger partial charge in [0, 0.05) is 25.7 Å². The zero-order chi connectivity index (χ0) is 14.5. The summed E-state index contributed by atoms with van der Waals surface area (Å²) in [5.41, 5.74) is 0.131. The van der Waals surface area contributed by atoms with Gasteiger partial charge in [-0.3, -0.25) is 4.90 Å². The SMILES string of the molecule is CC(CN1CCOCC1)Nc1cc(C(=O)O)cc(Cl)n1. The lowest BCUT2D eigenvalue weighted by Gasteiger charge is -2.29. The number of carboxylic acids is 1. The number of rotatable bonds is 5. The van der Waals surface area contributed by atoms with Crippen LogP contribution in [0.5, 0.6) is 0 Å². The largest absolute Gasteiger partial charge is 0.478 e. The molecule has 1 saturated heterocycles. The molecule has 110 valence electrons. The van der Waals surface area contributed by atoms with Crippen LogP contribution < -0.4 is 5.32 Å². The number of carboxylic acid groups (broad SMARTS) is 1. The van der Waals surface area contributed by atoms with E-state index in [1.54, 1.807) is 0 Å². The van der Waals surface area contributed by atoms with Gasteiger partial charge < -0.3 is 15.2 Å². The van der Waals surface area contributed by atoms with E-state index >= 15 is 0 Å². The summed E-state index contributed by atoms with van der Waals surface area (Å²) in [6.07, 6.45) is 0. The molecule has 0 radical (unpaired) electrons. The highest BCUT2D eigenvalue weighted by Gasteiger charge is 2.15. The van der Waals surface area contributed by atoms with Crippen molar-refractivity contribution in [2.24, 2.45) is 0 Å². The normalized spacial score (nSPS) is 17.7. The Labute approximate surface area is 122 Å². The van der Waals surface area contributed by atoms with Crippen LogP contribution in [0.15, 0.2) is 12.1 Å². The number of morpholine rings is 1. The zero-order valence-electron chi connectivity index (χ0n) is 11.3. The highest BCUT2D eigenvalue weighted by atomic mass is 35.5. The number of halogens is 1. The van der Waals surface area contributed by atoms with E-state index in [1.165, 1.54) is 12.1 Å². The molecule has 20 heavy (non-hydrogen) atoms. The van der Waals surface area contributed by atoms with Crippen molar-refractivity contribution in [1.29, 1.82) is 0 Å². The molecule has 2 heterocycles. The molecule has 6 nitrogen and oxygen atoms in total. The minimum absolute atomic E-state index is 0.131. The molecule has 1 aromatic rings. The van der Waals surface area contributed by atoms with E-state index in [4.69, 9.17) is 21.4 Å². The lowest BCUT2D eigenvalue weighted by Crippen LogP contribution is -2.42. The van der Waals surface area contributed by atoms with Crippen LogP contribution in [0.25, 0.3) is 0 Å². The minimum atomic E-state index is -1.02. The van der Waals surface area contributed by atoms with Crippen molar-refractivity contribution in [3.8, 4) is 0 Å². The highest BCUT2D eigenvalue weighted by molar-refractivity contribution is 6.29. The van der Waals surface area contributed by atoms with Crippen LogP contribution in [-0.4, -0.2) is 59.8 Å². The van der Waals surface area contributed by atoms with Crippen molar-refractivity contribution >= 4 is 23.4 Å². The van der Waals surface area contributed by atoms with Crippen LogP contribution in [0.3, 0.4) is 0 Å². The number of pyridine rings is 1. The second-order valence-corrected chi connectivity index (χ2v) is 5.21. The van der Waals surface area contributed by atoms with Crippen molar-refractivity contribution in [1.82, 2.24) is 9.88 Å². The molecular weight excluding hydrogens is 282 g/mol. The second kappa shape index (κ2) is 6.88. The van der Waals surface area contributed by atoms with Gasteiger partial charge in [0.15, 0.2) is 0 Å². The molecule has 2 rings (SSSR count). The average Bonchev–Trinajstić information content (AvgIpc) is 2.38. The Kier molecular flexibility index (Phi) is 5.17. The Morgan fingerprint density at radius 1 is 1.55 bits per heavy atom. The summed E-state index contributed by atoms with van der Waals surface area (Å²) >= 11 is 5.83. The van der Waals surface area contributed by atoms with Gasteiger partial charge in [-0.05, 0) is 19.1 Å². The molecule has 1 fully saturated rings. The van der Waals surface area contributed by atoms with E-state index in [0.717, 1.165) is 32.8 Å². The number of carbonyl (C=O) groups is 1. The molecule has 1 atom stereocenters. The maximum Gasteiger partial charge on any atom is 0.335 e. The number of aromatic nitrogens is 1. The smallest absolute Gasteiger partial charge is 0.335 e. The highest BCUT2D eigenvalue weighted by Crippen LogP contribution is 2.15. The number of anilines is 1. The summed E-state index contributed by atoms with van der Waals surface area (Å²) < 4.78 is 5.30. The van der Waals surface area contributed by atoms with E-state index in [2.05, 4.69) is 15.2 Å². The van der Waals surface area contributed by atoms with Gasteiger partial charge in [0.25, 0.3) is 0 Å². The van der Waals surface area contributed by atoms with Gasteiger partial charge in [0.1, 0.15) is 11.0 Å². The zero-order valence-corrected chi connectivity index (χ0v) is 12.1. The van der Waals surface area contributed by atoms with Gasteiger partial charge >= 0.3 is 5.97 Å². The standard InChI is InChI=1S/C13H18ClN3O3/c1-9(8-17-2-4-20-5-3-17)15-12-7-10(13(18)19)6-11(14)16-12/h6-7,9H,2-5,8H2,1H3,(H,15,16)(H,18,19). The summed E-state index contributed by atoms with van der Waals surface area (Å²) in [6.45, 7) is 6.21. The predicted molar refractivity (Wildman–Crippen MR) is 76.6 cm³/mol. The summed E-state index contributed by atoms with van der Waals surface area (Å²) in [5, 5.41) is 12.3. The quantitative estimate of drug-likeness (QED) is 0.804. The van der Waals surface area contributed by atoms with E-state index in [0.29, 0.717) is 5.82 Å². The fraction of sp³-hybridized carbons (Fsp3) is 0.538.